The van der Waals surface area contributed by atoms with Crippen molar-refractivity contribution in [1.82, 2.24) is 4.90 Å². The van der Waals surface area contributed by atoms with Crippen molar-refractivity contribution in [3.8, 4) is 0 Å². The first-order chi connectivity index (χ1) is 3.84. The fourth-order valence-corrected chi connectivity index (χ4v) is 1.21. The molecule has 1 atom stereocenters. The number of likely N-dealkylation sites (tertiary alicyclic amines) is 1. The van der Waals surface area contributed by atoms with Crippen LogP contribution in [0.3, 0.4) is 0 Å². The van der Waals surface area contributed by atoms with Crippen LogP contribution in [0.2, 0.25) is 0 Å². The fraction of sp³-hybridized carbons (Fsp3) is 1.00. The lowest BCUT2D eigenvalue weighted by Gasteiger charge is -2.15. The Labute approximate surface area is 50.1 Å². The normalized spacial score (nSPS) is 31.5. The second kappa shape index (κ2) is 2.46. The molecule has 0 spiro atoms. The van der Waals surface area contributed by atoms with Crippen molar-refractivity contribution in [3.05, 3.63) is 0 Å². The van der Waals surface area contributed by atoms with Gasteiger partial charge in [-0.05, 0) is 26.4 Å². The van der Waals surface area contributed by atoms with E-state index < -0.39 is 0 Å². The van der Waals surface area contributed by atoms with Crippen LogP contribution < -0.4 is 0 Å². The van der Waals surface area contributed by atoms with Gasteiger partial charge in [0.2, 0.25) is 0 Å². The van der Waals surface area contributed by atoms with Gasteiger partial charge in [-0.15, -0.1) is 0 Å². The zero-order valence-corrected chi connectivity index (χ0v) is 5.30. The lowest BCUT2D eigenvalue weighted by atomic mass is 10.2. The van der Waals surface area contributed by atoms with E-state index in [0.717, 1.165) is 6.54 Å². The first-order valence-corrected chi connectivity index (χ1v) is 3.15. The molecule has 1 rings (SSSR count). The first kappa shape index (κ1) is 6.05. The second-order valence-corrected chi connectivity index (χ2v) is 2.46. The largest absolute Gasteiger partial charge is 0.395 e. The molecule has 0 aliphatic carbocycles. The van der Waals surface area contributed by atoms with Crippen LogP contribution in [-0.4, -0.2) is 36.2 Å². The zero-order valence-electron chi connectivity index (χ0n) is 5.30. The van der Waals surface area contributed by atoms with Gasteiger partial charge in [0, 0.05) is 6.04 Å². The van der Waals surface area contributed by atoms with E-state index in [0.29, 0.717) is 12.6 Å². The minimum atomic E-state index is 0.330. The van der Waals surface area contributed by atoms with E-state index in [1.165, 1.54) is 12.8 Å². The summed E-state index contributed by atoms with van der Waals surface area (Å²) in [5.41, 5.74) is 0. The number of aliphatic hydroxyl groups is 1. The summed E-state index contributed by atoms with van der Waals surface area (Å²) in [6.45, 7) is 1.49. The summed E-state index contributed by atoms with van der Waals surface area (Å²) in [4.78, 5) is 2.21. The molecule has 1 saturated heterocycles. The summed E-state index contributed by atoms with van der Waals surface area (Å²) < 4.78 is 0. The Hall–Kier alpha value is -0.0800. The maximum absolute atomic E-state index is 8.69. The summed E-state index contributed by atoms with van der Waals surface area (Å²) in [5.74, 6) is 0. The van der Waals surface area contributed by atoms with Gasteiger partial charge in [-0.3, -0.25) is 0 Å². The molecule has 48 valence electrons. The monoisotopic (exact) mass is 116 g/mol. The van der Waals surface area contributed by atoms with Crippen LogP contribution in [0.15, 0.2) is 0 Å². The number of nitrogens with zero attached hydrogens (tertiary/aromatic N) is 1. The van der Waals surface area contributed by atoms with Crippen molar-refractivity contribution in [2.75, 3.05) is 20.2 Å². The van der Waals surface area contributed by atoms with Crippen LogP contribution in [0.25, 0.3) is 0 Å². The lowest BCUT2D eigenvalue weighted by molar-refractivity contribution is 0.182. The second-order valence-electron chi connectivity index (χ2n) is 2.46. The molecule has 1 heterocycles. The van der Waals surface area contributed by atoms with Gasteiger partial charge in [0.25, 0.3) is 0 Å². The SMILES string of the molecule is [13CH3]N1CCC[C@H]1CO. The molecule has 0 amide bonds. The van der Waals surface area contributed by atoms with Crippen LogP contribution in [-0.2, 0) is 0 Å². The molecule has 0 saturated carbocycles. The minimum absolute atomic E-state index is 0.330. The molecule has 0 aromatic heterocycles. The van der Waals surface area contributed by atoms with Crippen molar-refractivity contribution in [2.24, 2.45) is 0 Å². The van der Waals surface area contributed by atoms with E-state index in [1.807, 2.05) is 0 Å². The van der Waals surface area contributed by atoms with E-state index in [4.69, 9.17) is 5.11 Å². The molecular weight excluding hydrogens is 103 g/mol. The first-order valence-electron chi connectivity index (χ1n) is 3.15. The Morgan fingerprint density at radius 2 is 2.50 bits per heavy atom. The van der Waals surface area contributed by atoms with Gasteiger partial charge in [-0.25, -0.2) is 0 Å². The molecule has 1 fully saturated rings. The van der Waals surface area contributed by atoms with Gasteiger partial charge >= 0.3 is 0 Å². The van der Waals surface area contributed by atoms with Crippen LogP contribution in [0.5, 0.6) is 0 Å². The van der Waals surface area contributed by atoms with Crippen molar-refractivity contribution < 1.29 is 5.11 Å². The maximum Gasteiger partial charge on any atom is 0.0586 e. The Morgan fingerprint density at radius 1 is 1.75 bits per heavy atom. The summed E-state index contributed by atoms with van der Waals surface area (Å²) >= 11 is 0. The van der Waals surface area contributed by atoms with Crippen LogP contribution in [0.1, 0.15) is 12.8 Å². The van der Waals surface area contributed by atoms with Crippen LogP contribution in [0, 0.1) is 0 Å². The van der Waals surface area contributed by atoms with Gasteiger partial charge in [0.1, 0.15) is 0 Å². The van der Waals surface area contributed by atoms with Gasteiger partial charge in [-0.2, -0.15) is 0 Å². The molecule has 1 N–H and O–H groups in total. The Morgan fingerprint density at radius 3 is 2.75 bits per heavy atom. The average Bonchev–Trinajstić information content (AvgIpc) is 2.14. The number of hydrogen-bond donors (Lipinski definition) is 1. The van der Waals surface area contributed by atoms with E-state index in [-0.39, 0.29) is 0 Å². The van der Waals surface area contributed by atoms with Crippen molar-refractivity contribution in [3.63, 3.8) is 0 Å². The number of aliphatic hydroxyl groups excluding tert-OH is 1. The van der Waals surface area contributed by atoms with Gasteiger partial charge < -0.3 is 10.0 Å². The highest BCUT2D eigenvalue weighted by Gasteiger charge is 2.18. The zero-order chi connectivity index (χ0) is 5.98. The Balaban J connectivity index is 2.30. The summed E-state index contributed by atoms with van der Waals surface area (Å²) in [6, 6.07) is 0.454. The highest BCUT2D eigenvalue weighted by atomic mass is 16.3. The van der Waals surface area contributed by atoms with Gasteiger partial charge in [0.15, 0.2) is 0 Å². The average molecular weight is 116 g/mol. The fourth-order valence-electron chi connectivity index (χ4n) is 1.21. The smallest absolute Gasteiger partial charge is 0.0586 e. The molecule has 1 aliphatic heterocycles. The molecule has 1 aliphatic rings. The molecular formula is C6H13NO. The Bertz CT molecular complexity index is 74.9. The van der Waals surface area contributed by atoms with Gasteiger partial charge in [-0.1, -0.05) is 0 Å². The summed E-state index contributed by atoms with van der Waals surface area (Å²) in [7, 11) is 2.06. The molecule has 0 radical (unpaired) electrons. The molecule has 0 aromatic carbocycles. The van der Waals surface area contributed by atoms with Crippen molar-refractivity contribution in [1.29, 1.82) is 0 Å². The molecule has 2 heteroatoms. The minimum Gasteiger partial charge on any atom is -0.395 e. The molecule has 0 unspecified atom stereocenters. The highest BCUT2D eigenvalue weighted by molar-refractivity contribution is 4.74. The van der Waals surface area contributed by atoms with Crippen molar-refractivity contribution in [2.45, 2.75) is 18.9 Å². The number of likely N-dealkylation sites (N-methyl/N-ethyl adjacent to an activating group) is 1. The molecule has 0 aromatic rings. The predicted octanol–water partition coefficient (Wildman–Crippen LogP) is 0.0729. The summed E-state index contributed by atoms with van der Waals surface area (Å²) in [6.07, 6.45) is 2.43. The topological polar surface area (TPSA) is 23.5 Å². The Kier molecular flexibility index (Phi) is 1.86. The number of rotatable bonds is 1. The number of hydrogen-bond acceptors (Lipinski definition) is 2. The molecule has 0 bridgehead atoms. The van der Waals surface area contributed by atoms with Crippen molar-refractivity contribution >= 4 is 0 Å². The lowest BCUT2D eigenvalue weighted by Crippen LogP contribution is -2.27. The third-order valence-corrected chi connectivity index (χ3v) is 1.88. The standard InChI is InChI=1S/C6H13NO/c1-7-4-2-3-6(7)5-8/h6,8H,2-5H2,1H3/t6-/m0/s1/i1+1. The summed E-state index contributed by atoms with van der Waals surface area (Å²) in [5, 5.41) is 8.69. The molecule has 8 heavy (non-hydrogen) atoms. The third-order valence-electron chi connectivity index (χ3n) is 1.88. The third kappa shape index (κ3) is 1.01. The highest BCUT2D eigenvalue weighted by Crippen LogP contribution is 2.12. The quantitative estimate of drug-likeness (QED) is 0.490. The molecule has 2 nitrogen and oxygen atoms in total. The van der Waals surface area contributed by atoms with Crippen LogP contribution >= 0.6 is 0 Å². The van der Waals surface area contributed by atoms with E-state index in [9.17, 15) is 0 Å². The maximum atomic E-state index is 8.69. The van der Waals surface area contributed by atoms with E-state index in [1.54, 1.807) is 0 Å². The van der Waals surface area contributed by atoms with Crippen LogP contribution in [0.4, 0.5) is 0 Å². The van der Waals surface area contributed by atoms with E-state index in [2.05, 4.69) is 11.9 Å². The van der Waals surface area contributed by atoms with Gasteiger partial charge in [0.05, 0.1) is 6.61 Å². The predicted molar refractivity (Wildman–Crippen MR) is 32.7 cm³/mol. The van der Waals surface area contributed by atoms with E-state index >= 15 is 0 Å².